The Hall–Kier alpha value is -3.18. The van der Waals surface area contributed by atoms with Gasteiger partial charge < -0.3 is 15.4 Å². The van der Waals surface area contributed by atoms with Crippen molar-refractivity contribution in [3.63, 3.8) is 0 Å². The summed E-state index contributed by atoms with van der Waals surface area (Å²) in [5.74, 6) is 0.469. The standard InChI is InChI=1S/C22H20N2O2S/c1-2-14-26-20-13-6-5-12-19(20)23-22(27)24-21(25)15-17-10-7-9-16-8-3-4-11-18(16)17/h2-13H,1,14-15H2,(H2,23,24,25,27). The minimum atomic E-state index is -0.173. The van der Waals surface area contributed by atoms with Crippen LogP contribution in [0, 0.1) is 0 Å². The van der Waals surface area contributed by atoms with Gasteiger partial charge in [0.15, 0.2) is 5.11 Å². The first-order valence-corrected chi connectivity index (χ1v) is 8.98. The predicted molar refractivity (Wildman–Crippen MR) is 114 cm³/mol. The zero-order valence-corrected chi connectivity index (χ0v) is 15.6. The van der Waals surface area contributed by atoms with Crippen LogP contribution in [0.2, 0.25) is 0 Å². The molecule has 3 aromatic carbocycles. The molecule has 0 atom stereocenters. The number of nitrogens with one attached hydrogen (secondary N) is 2. The number of hydrogen-bond donors (Lipinski definition) is 2. The molecule has 0 spiro atoms. The highest BCUT2D eigenvalue weighted by molar-refractivity contribution is 7.80. The summed E-state index contributed by atoms with van der Waals surface area (Å²) in [5, 5.41) is 8.15. The van der Waals surface area contributed by atoms with E-state index in [1.807, 2.05) is 66.7 Å². The molecule has 0 aliphatic heterocycles. The van der Waals surface area contributed by atoms with E-state index in [-0.39, 0.29) is 17.4 Å². The van der Waals surface area contributed by atoms with Gasteiger partial charge in [-0.1, -0.05) is 67.3 Å². The summed E-state index contributed by atoms with van der Waals surface area (Å²) in [7, 11) is 0. The normalized spacial score (nSPS) is 10.2. The van der Waals surface area contributed by atoms with Gasteiger partial charge in [-0.15, -0.1) is 0 Å². The lowest BCUT2D eigenvalue weighted by Crippen LogP contribution is -2.35. The lowest BCUT2D eigenvalue weighted by Gasteiger charge is -2.14. The van der Waals surface area contributed by atoms with E-state index in [1.54, 1.807) is 6.08 Å². The smallest absolute Gasteiger partial charge is 0.230 e. The first-order chi connectivity index (χ1) is 13.2. The van der Waals surface area contributed by atoms with Crippen molar-refractivity contribution >= 4 is 39.7 Å². The van der Waals surface area contributed by atoms with Crippen LogP contribution in [0.3, 0.4) is 0 Å². The summed E-state index contributed by atoms with van der Waals surface area (Å²) in [5.41, 5.74) is 1.65. The molecule has 0 radical (unpaired) electrons. The molecule has 27 heavy (non-hydrogen) atoms. The van der Waals surface area contributed by atoms with E-state index in [4.69, 9.17) is 17.0 Å². The third-order valence-electron chi connectivity index (χ3n) is 3.98. The van der Waals surface area contributed by atoms with Crippen LogP contribution in [0.1, 0.15) is 5.56 Å². The van der Waals surface area contributed by atoms with Gasteiger partial charge in [-0.25, -0.2) is 0 Å². The van der Waals surface area contributed by atoms with Crippen LogP contribution in [-0.2, 0) is 11.2 Å². The van der Waals surface area contributed by atoms with Gasteiger partial charge in [-0.05, 0) is 40.7 Å². The topological polar surface area (TPSA) is 50.4 Å². The number of ether oxygens (including phenoxy) is 1. The van der Waals surface area contributed by atoms with Crippen molar-refractivity contribution in [1.29, 1.82) is 0 Å². The summed E-state index contributed by atoms with van der Waals surface area (Å²) >= 11 is 5.28. The minimum absolute atomic E-state index is 0.173. The van der Waals surface area contributed by atoms with Crippen molar-refractivity contribution in [2.24, 2.45) is 0 Å². The van der Waals surface area contributed by atoms with Crippen molar-refractivity contribution in [2.45, 2.75) is 6.42 Å². The number of para-hydroxylation sites is 2. The van der Waals surface area contributed by atoms with Crippen molar-refractivity contribution in [1.82, 2.24) is 5.32 Å². The SMILES string of the molecule is C=CCOc1ccccc1NC(=S)NC(=O)Cc1cccc2ccccc12. The molecule has 0 heterocycles. The van der Waals surface area contributed by atoms with E-state index in [1.165, 1.54) is 0 Å². The Labute approximate surface area is 163 Å². The molecule has 1 amide bonds. The third-order valence-corrected chi connectivity index (χ3v) is 4.18. The van der Waals surface area contributed by atoms with E-state index in [0.717, 1.165) is 16.3 Å². The van der Waals surface area contributed by atoms with Crippen molar-refractivity contribution in [3.05, 3.63) is 84.9 Å². The molecule has 5 heteroatoms. The van der Waals surface area contributed by atoms with Crippen LogP contribution in [0.15, 0.2) is 79.4 Å². The van der Waals surface area contributed by atoms with E-state index < -0.39 is 0 Å². The van der Waals surface area contributed by atoms with Gasteiger partial charge in [0, 0.05) is 0 Å². The number of carbonyl (C=O) groups is 1. The number of carbonyl (C=O) groups excluding carboxylic acids is 1. The van der Waals surface area contributed by atoms with E-state index in [0.29, 0.717) is 18.0 Å². The van der Waals surface area contributed by atoms with Crippen LogP contribution in [-0.4, -0.2) is 17.6 Å². The fourth-order valence-corrected chi connectivity index (χ4v) is 3.01. The van der Waals surface area contributed by atoms with Gasteiger partial charge in [-0.2, -0.15) is 0 Å². The van der Waals surface area contributed by atoms with Crippen molar-refractivity contribution < 1.29 is 9.53 Å². The average Bonchev–Trinajstić information content (AvgIpc) is 2.67. The first kappa shape index (κ1) is 18.6. The Morgan fingerprint density at radius 3 is 2.63 bits per heavy atom. The lowest BCUT2D eigenvalue weighted by molar-refractivity contribution is -0.119. The summed E-state index contributed by atoms with van der Waals surface area (Å²) in [6, 6.07) is 21.3. The van der Waals surface area contributed by atoms with Crippen molar-refractivity contribution in [3.8, 4) is 5.75 Å². The number of benzene rings is 3. The van der Waals surface area contributed by atoms with Gasteiger partial charge in [0.25, 0.3) is 0 Å². The molecule has 3 rings (SSSR count). The molecule has 0 fully saturated rings. The van der Waals surface area contributed by atoms with Gasteiger partial charge in [0.2, 0.25) is 5.91 Å². The number of fused-ring (bicyclic) bond motifs is 1. The second kappa shape index (κ2) is 8.96. The molecular weight excluding hydrogens is 356 g/mol. The highest BCUT2D eigenvalue weighted by Gasteiger charge is 2.10. The van der Waals surface area contributed by atoms with Crippen molar-refractivity contribution in [2.75, 3.05) is 11.9 Å². The minimum Gasteiger partial charge on any atom is -0.487 e. The quantitative estimate of drug-likeness (QED) is 0.493. The molecule has 0 aromatic heterocycles. The number of hydrogen-bond acceptors (Lipinski definition) is 3. The highest BCUT2D eigenvalue weighted by atomic mass is 32.1. The zero-order chi connectivity index (χ0) is 19.1. The largest absolute Gasteiger partial charge is 0.487 e. The summed E-state index contributed by atoms with van der Waals surface area (Å²) < 4.78 is 5.58. The molecule has 0 aliphatic rings. The number of rotatable bonds is 6. The van der Waals surface area contributed by atoms with Crippen LogP contribution < -0.4 is 15.4 Å². The molecular formula is C22H20N2O2S. The molecule has 0 unspecified atom stereocenters. The van der Waals surface area contributed by atoms with Crippen LogP contribution in [0.5, 0.6) is 5.75 Å². The van der Waals surface area contributed by atoms with E-state index in [9.17, 15) is 4.79 Å². The van der Waals surface area contributed by atoms with Gasteiger partial charge >= 0.3 is 0 Å². The Balaban J connectivity index is 1.64. The maximum atomic E-state index is 12.4. The fraction of sp³-hybridized carbons (Fsp3) is 0.0909. The molecule has 0 saturated carbocycles. The van der Waals surface area contributed by atoms with Gasteiger partial charge in [0.1, 0.15) is 12.4 Å². The van der Waals surface area contributed by atoms with Crippen LogP contribution in [0.25, 0.3) is 10.8 Å². The molecule has 0 aliphatic carbocycles. The van der Waals surface area contributed by atoms with Gasteiger partial charge in [-0.3, -0.25) is 4.79 Å². The second-order valence-corrected chi connectivity index (χ2v) is 6.32. The van der Waals surface area contributed by atoms with Crippen LogP contribution >= 0.6 is 12.2 Å². The Morgan fingerprint density at radius 1 is 1.04 bits per heavy atom. The Morgan fingerprint density at radius 2 is 1.78 bits per heavy atom. The Bertz CT molecular complexity index is 979. The maximum Gasteiger partial charge on any atom is 0.230 e. The number of thiocarbonyl (C=S) groups is 1. The first-order valence-electron chi connectivity index (χ1n) is 8.57. The summed E-state index contributed by atoms with van der Waals surface area (Å²) in [6.45, 7) is 4.03. The van der Waals surface area contributed by atoms with E-state index >= 15 is 0 Å². The fourth-order valence-electron chi connectivity index (χ4n) is 2.79. The molecule has 4 nitrogen and oxygen atoms in total. The zero-order valence-electron chi connectivity index (χ0n) is 14.8. The lowest BCUT2D eigenvalue weighted by atomic mass is 10.0. The molecule has 136 valence electrons. The summed E-state index contributed by atoms with van der Waals surface area (Å²) in [4.78, 5) is 12.4. The maximum absolute atomic E-state index is 12.4. The molecule has 2 N–H and O–H groups in total. The third kappa shape index (κ3) is 4.92. The predicted octanol–water partition coefficient (Wildman–Crippen LogP) is 4.46. The molecule has 0 saturated heterocycles. The summed E-state index contributed by atoms with van der Waals surface area (Å²) in [6.07, 6.45) is 1.92. The monoisotopic (exact) mass is 376 g/mol. The average molecular weight is 376 g/mol. The highest BCUT2D eigenvalue weighted by Crippen LogP contribution is 2.23. The van der Waals surface area contributed by atoms with Gasteiger partial charge in [0.05, 0.1) is 12.1 Å². The number of anilines is 1. The molecule has 0 bridgehead atoms. The second-order valence-electron chi connectivity index (χ2n) is 5.91. The number of amides is 1. The van der Waals surface area contributed by atoms with Crippen LogP contribution in [0.4, 0.5) is 5.69 Å². The Kier molecular flexibility index (Phi) is 6.18. The van der Waals surface area contributed by atoms with E-state index in [2.05, 4.69) is 17.2 Å². The molecule has 3 aromatic rings.